The summed E-state index contributed by atoms with van der Waals surface area (Å²) < 4.78 is 2.39. The maximum atomic E-state index is 11.8. The average molecular weight is 349 g/mol. The Hall–Kier alpha value is -0.430. The first-order chi connectivity index (χ1) is 8.16. The molecule has 0 saturated carbocycles. The fraction of sp³-hybridized carbons (Fsp3) is 0.667. The first kappa shape index (κ1) is 14.6. The van der Waals surface area contributed by atoms with E-state index in [9.17, 15) is 4.79 Å². The van der Waals surface area contributed by atoms with Gasteiger partial charge in [-0.2, -0.15) is 0 Å². The van der Waals surface area contributed by atoms with Crippen LogP contribution in [0.2, 0.25) is 0 Å². The molecule has 0 aliphatic rings. The molecule has 4 nitrogen and oxygen atoms in total. The first-order valence-electron chi connectivity index (χ1n) is 6.09. The first-order valence-corrected chi connectivity index (χ1v) is 7.17. The number of hydrogen-bond acceptors (Lipinski definition) is 3. The van der Waals surface area contributed by atoms with Gasteiger partial charge < -0.3 is 5.32 Å². The van der Waals surface area contributed by atoms with Gasteiger partial charge in [-0.05, 0) is 42.5 Å². The summed E-state index contributed by atoms with van der Waals surface area (Å²) in [6, 6.07) is 0. The molecule has 17 heavy (non-hydrogen) atoms. The Kier molecular flexibility index (Phi) is 6.72. The number of aromatic nitrogens is 2. The summed E-state index contributed by atoms with van der Waals surface area (Å²) >= 11 is 2.06. The lowest BCUT2D eigenvalue weighted by molar-refractivity contribution is 0.554. The van der Waals surface area contributed by atoms with Crippen LogP contribution in [0.5, 0.6) is 0 Å². The van der Waals surface area contributed by atoms with E-state index >= 15 is 0 Å². The molecule has 96 valence electrons. The molecule has 1 heterocycles. The van der Waals surface area contributed by atoms with E-state index in [4.69, 9.17) is 0 Å². The number of nitrogens with one attached hydrogen (secondary N) is 1. The number of nitrogens with zero attached hydrogens (tertiary/aromatic N) is 2. The summed E-state index contributed by atoms with van der Waals surface area (Å²) in [5.41, 5.74) is 0.871. The third-order valence-electron chi connectivity index (χ3n) is 2.64. The molecule has 0 spiro atoms. The van der Waals surface area contributed by atoms with Crippen LogP contribution in [0.4, 0.5) is 0 Å². The van der Waals surface area contributed by atoms with Gasteiger partial charge in [0.1, 0.15) is 0 Å². The van der Waals surface area contributed by atoms with E-state index in [0.29, 0.717) is 6.54 Å². The predicted molar refractivity (Wildman–Crippen MR) is 78.3 cm³/mol. The SMILES string of the molecule is CCCCCNCCn1cnc(C)c(I)c1=O. The van der Waals surface area contributed by atoms with Crippen LogP contribution in [0.25, 0.3) is 0 Å². The third-order valence-corrected chi connectivity index (χ3v) is 3.89. The number of rotatable bonds is 7. The zero-order valence-electron chi connectivity index (χ0n) is 10.5. The van der Waals surface area contributed by atoms with Crippen molar-refractivity contribution >= 4 is 22.6 Å². The van der Waals surface area contributed by atoms with E-state index in [0.717, 1.165) is 22.4 Å². The Labute approximate surface area is 116 Å². The van der Waals surface area contributed by atoms with Gasteiger partial charge >= 0.3 is 0 Å². The van der Waals surface area contributed by atoms with Crippen LogP contribution in [0, 0.1) is 10.5 Å². The van der Waals surface area contributed by atoms with Crippen LogP contribution < -0.4 is 10.9 Å². The smallest absolute Gasteiger partial charge is 0.267 e. The minimum Gasteiger partial charge on any atom is -0.315 e. The quantitative estimate of drug-likeness (QED) is 0.605. The van der Waals surface area contributed by atoms with Crippen molar-refractivity contribution in [3.05, 3.63) is 25.9 Å². The van der Waals surface area contributed by atoms with Crippen LogP contribution in [0.15, 0.2) is 11.1 Å². The molecular formula is C12H20IN3O. The van der Waals surface area contributed by atoms with Crippen molar-refractivity contribution < 1.29 is 0 Å². The van der Waals surface area contributed by atoms with Gasteiger partial charge in [-0.1, -0.05) is 19.8 Å². The second-order valence-electron chi connectivity index (χ2n) is 4.10. The molecule has 0 aliphatic carbocycles. The zero-order valence-corrected chi connectivity index (χ0v) is 12.7. The van der Waals surface area contributed by atoms with E-state index in [-0.39, 0.29) is 5.56 Å². The predicted octanol–water partition coefficient (Wildman–Crippen LogP) is 1.94. The third kappa shape index (κ3) is 4.75. The molecular weight excluding hydrogens is 329 g/mol. The van der Waals surface area contributed by atoms with Gasteiger partial charge in [-0.15, -0.1) is 0 Å². The van der Waals surface area contributed by atoms with Gasteiger partial charge in [-0.3, -0.25) is 9.36 Å². The van der Waals surface area contributed by atoms with Crippen LogP contribution in [-0.2, 0) is 6.54 Å². The lowest BCUT2D eigenvalue weighted by atomic mass is 10.2. The fourth-order valence-corrected chi connectivity index (χ4v) is 1.98. The van der Waals surface area contributed by atoms with Crippen molar-refractivity contribution in [3.8, 4) is 0 Å². The highest BCUT2D eigenvalue weighted by molar-refractivity contribution is 14.1. The van der Waals surface area contributed by atoms with E-state index in [2.05, 4.69) is 39.8 Å². The van der Waals surface area contributed by atoms with Crippen molar-refractivity contribution in [2.75, 3.05) is 13.1 Å². The molecule has 0 fully saturated rings. The largest absolute Gasteiger partial charge is 0.315 e. The molecule has 1 N–H and O–H groups in total. The topological polar surface area (TPSA) is 46.9 Å². The summed E-state index contributed by atoms with van der Waals surface area (Å²) in [7, 11) is 0. The van der Waals surface area contributed by atoms with Crippen molar-refractivity contribution in [3.63, 3.8) is 0 Å². The minimum absolute atomic E-state index is 0.0634. The lowest BCUT2D eigenvalue weighted by Crippen LogP contribution is -2.29. The van der Waals surface area contributed by atoms with E-state index in [1.165, 1.54) is 19.3 Å². The molecule has 0 bridgehead atoms. The molecule has 0 unspecified atom stereocenters. The molecule has 0 atom stereocenters. The summed E-state index contributed by atoms with van der Waals surface area (Å²) in [5.74, 6) is 0. The van der Waals surface area contributed by atoms with E-state index in [1.807, 2.05) is 6.92 Å². The summed E-state index contributed by atoms with van der Waals surface area (Å²) in [5, 5.41) is 3.34. The normalized spacial score (nSPS) is 10.8. The highest BCUT2D eigenvalue weighted by Gasteiger charge is 2.04. The molecule has 0 aliphatic heterocycles. The maximum Gasteiger partial charge on any atom is 0.267 e. The molecule has 0 aromatic carbocycles. The van der Waals surface area contributed by atoms with Gasteiger partial charge in [0.2, 0.25) is 0 Å². The lowest BCUT2D eigenvalue weighted by Gasteiger charge is -2.08. The standard InChI is InChI=1S/C12H20IN3O/c1-3-4-5-6-14-7-8-16-9-15-10(2)11(13)12(16)17/h9,14H,3-8H2,1-2H3. The van der Waals surface area contributed by atoms with Gasteiger partial charge in [0.15, 0.2) is 0 Å². The van der Waals surface area contributed by atoms with Gasteiger partial charge in [-0.25, -0.2) is 4.98 Å². The Morgan fingerprint density at radius 3 is 2.88 bits per heavy atom. The van der Waals surface area contributed by atoms with E-state index in [1.54, 1.807) is 10.9 Å². The van der Waals surface area contributed by atoms with Crippen LogP contribution in [0.1, 0.15) is 31.9 Å². The molecule has 1 rings (SSSR count). The number of halogens is 1. The molecule has 0 saturated heterocycles. The zero-order chi connectivity index (χ0) is 12.7. The van der Waals surface area contributed by atoms with Crippen LogP contribution >= 0.6 is 22.6 Å². The summed E-state index contributed by atoms with van der Waals surface area (Å²) in [4.78, 5) is 16.0. The monoisotopic (exact) mass is 349 g/mol. The number of hydrogen-bond donors (Lipinski definition) is 1. The molecule has 5 heteroatoms. The van der Waals surface area contributed by atoms with Crippen molar-refractivity contribution in [2.24, 2.45) is 0 Å². The Morgan fingerprint density at radius 1 is 1.41 bits per heavy atom. The van der Waals surface area contributed by atoms with Crippen molar-refractivity contribution in [1.82, 2.24) is 14.9 Å². The Morgan fingerprint density at radius 2 is 2.18 bits per heavy atom. The van der Waals surface area contributed by atoms with Gasteiger partial charge in [0, 0.05) is 13.1 Å². The summed E-state index contributed by atoms with van der Waals surface area (Å²) in [6.07, 6.45) is 5.33. The van der Waals surface area contributed by atoms with Crippen LogP contribution in [0.3, 0.4) is 0 Å². The van der Waals surface area contributed by atoms with Crippen LogP contribution in [-0.4, -0.2) is 22.6 Å². The van der Waals surface area contributed by atoms with Gasteiger partial charge in [0.25, 0.3) is 5.56 Å². The number of aryl methyl sites for hydroxylation is 1. The minimum atomic E-state index is 0.0634. The molecule has 0 radical (unpaired) electrons. The maximum absolute atomic E-state index is 11.8. The highest BCUT2D eigenvalue weighted by atomic mass is 127. The van der Waals surface area contributed by atoms with Crippen molar-refractivity contribution in [2.45, 2.75) is 39.7 Å². The molecule has 1 aromatic heterocycles. The second kappa shape index (κ2) is 7.81. The highest BCUT2D eigenvalue weighted by Crippen LogP contribution is 2.00. The van der Waals surface area contributed by atoms with Crippen molar-refractivity contribution in [1.29, 1.82) is 0 Å². The van der Waals surface area contributed by atoms with Gasteiger partial charge in [0.05, 0.1) is 15.6 Å². The Balaban J connectivity index is 2.37. The fourth-order valence-electron chi connectivity index (χ4n) is 1.53. The second-order valence-corrected chi connectivity index (χ2v) is 5.18. The summed E-state index contributed by atoms with van der Waals surface area (Å²) in [6.45, 7) is 6.59. The van der Waals surface area contributed by atoms with E-state index < -0.39 is 0 Å². The number of unbranched alkanes of at least 4 members (excludes halogenated alkanes) is 2. The average Bonchev–Trinajstić information content (AvgIpc) is 2.33. The Bertz CT molecular complexity index is 403. The molecule has 0 amide bonds. The molecule has 1 aromatic rings.